The first kappa shape index (κ1) is 30.7. The average Bonchev–Trinajstić information content (AvgIpc) is 3.46. The third-order valence-electron chi connectivity index (χ3n) is 7.71. The predicted octanol–water partition coefficient (Wildman–Crippen LogP) is 5.85. The van der Waals surface area contributed by atoms with Crippen molar-refractivity contribution in [3.63, 3.8) is 0 Å². The second-order valence-electron chi connectivity index (χ2n) is 11.0. The lowest BCUT2D eigenvalue weighted by molar-refractivity contribution is -0.148. The van der Waals surface area contributed by atoms with Gasteiger partial charge >= 0.3 is 12.1 Å². The smallest absolute Gasteiger partial charge is 0.409 e. The number of hydrogen-bond donors (Lipinski definition) is 2. The number of nitrogens with zero attached hydrogens (tertiary/aromatic N) is 3. The molecule has 0 spiro atoms. The molecule has 0 aliphatic carbocycles. The van der Waals surface area contributed by atoms with Gasteiger partial charge in [0.05, 0.1) is 24.4 Å². The number of pyridine rings is 1. The molecule has 0 radical (unpaired) electrons. The fraction of sp³-hybridized carbons (Fsp3) is 0.382. The summed E-state index contributed by atoms with van der Waals surface area (Å²) in [7, 11) is 0. The maximum atomic E-state index is 13.7. The zero-order valence-electron chi connectivity index (χ0n) is 24.9. The molecule has 3 aromatic rings. The van der Waals surface area contributed by atoms with Crippen molar-refractivity contribution in [2.24, 2.45) is 4.99 Å². The summed E-state index contributed by atoms with van der Waals surface area (Å²) in [6.45, 7) is 2.19. The number of carboxylic acid groups (broad SMARTS) is 1. The van der Waals surface area contributed by atoms with Gasteiger partial charge in [0, 0.05) is 29.7 Å². The van der Waals surface area contributed by atoms with Crippen LogP contribution in [0.5, 0.6) is 5.75 Å². The number of aliphatic imine (C=N–C) groups is 1. The topological polar surface area (TPSA) is 130 Å². The number of aromatic nitrogens is 1. The van der Waals surface area contributed by atoms with E-state index in [1.165, 1.54) is 4.90 Å². The maximum Gasteiger partial charge on any atom is 0.409 e. The number of alkyl carbamates (subject to hydrolysis) is 1. The zero-order valence-corrected chi connectivity index (χ0v) is 24.9. The minimum atomic E-state index is -1.31. The summed E-state index contributed by atoms with van der Waals surface area (Å²) in [5.41, 5.74) is 3.38. The first-order valence-corrected chi connectivity index (χ1v) is 15.2. The van der Waals surface area contributed by atoms with Crippen LogP contribution in [-0.4, -0.2) is 70.6 Å². The highest BCUT2D eigenvalue weighted by molar-refractivity contribution is 5.91. The molecule has 230 valence electrons. The van der Waals surface area contributed by atoms with E-state index in [0.29, 0.717) is 18.6 Å². The number of cyclic esters (lactones) is 1. The van der Waals surface area contributed by atoms with Crippen LogP contribution in [0, 0.1) is 0 Å². The minimum Gasteiger partial charge on any atom is -0.488 e. The predicted molar refractivity (Wildman–Crippen MR) is 169 cm³/mol. The molecular formula is C34H38N4O6. The van der Waals surface area contributed by atoms with Crippen molar-refractivity contribution in [3.8, 4) is 17.0 Å². The van der Waals surface area contributed by atoms with Gasteiger partial charge in [-0.15, -0.1) is 0 Å². The van der Waals surface area contributed by atoms with Gasteiger partial charge in [-0.1, -0.05) is 61.9 Å². The molecule has 2 amide bonds. The molecule has 2 aliphatic heterocycles. The van der Waals surface area contributed by atoms with E-state index in [2.05, 4.69) is 22.5 Å². The molecule has 3 atom stereocenters. The number of unbranched alkanes of at least 4 members (excludes halogenated alkanes) is 1. The molecule has 10 heteroatoms. The van der Waals surface area contributed by atoms with E-state index >= 15 is 0 Å². The van der Waals surface area contributed by atoms with Crippen LogP contribution in [0.2, 0.25) is 0 Å². The number of nitrogens with one attached hydrogen (secondary N) is 1. The molecule has 5 rings (SSSR count). The van der Waals surface area contributed by atoms with Crippen LogP contribution in [0.25, 0.3) is 28.2 Å². The van der Waals surface area contributed by atoms with Crippen LogP contribution in [-0.2, 0) is 14.3 Å². The van der Waals surface area contributed by atoms with Crippen molar-refractivity contribution in [2.45, 2.75) is 70.2 Å². The number of ether oxygens (including phenoxy) is 2. The van der Waals surface area contributed by atoms with E-state index in [1.807, 2.05) is 61.5 Å². The fourth-order valence-corrected chi connectivity index (χ4v) is 5.42. The van der Waals surface area contributed by atoms with E-state index in [-0.39, 0.29) is 19.6 Å². The van der Waals surface area contributed by atoms with Gasteiger partial charge < -0.3 is 19.5 Å². The van der Waals surface area contributed by atoms with Gasteiger partial charge in [0.2, 0.25) is 6.17 Å². The fourth-order valence-electron chi connectivity index (χ4n) is 5.42. The van der Waals surface area contributed by atoms with E-state index in [4.69, 9.17) is 14.5 Å². The van der Waals surface area contributed by atoms with Crippen molar-refractivity contribution >= 4 is 41.2 Å². The van der Waals surface area contributed by atoms with Crippen LogP contribution in [0.4, 0.5) is 4.79 Å². The number of fused-ring (bicyclic) bond motifs is 3. The molecule has 10 nitrogen and oxygen atoms in total. The Hall–Kier alpha value is -4.73. The van der Waals surface area contributed by atoms with Gasteiger partial charge in [0.25, 0.3) is 5.91 Å². The van der Waals surface area contributed by atoms with Gasteiger partial charge in [-0.2, -0.15) is 0 Å². The van der Waals surface area contributed by atoms with Crippen LogP contribution >= 0.6 is 0 Å². The van der Waals surface area contributed by atoms with E-state index in [0.717, 1.165) is 53.4 Å². The summed E-state index contributed by atoms with van der Waals surface area (Å²) < 4.78 is 11.8. The standard InChI is InChI=1S/C34H38N4O6/c1-2-3-17-35-31-32(39)38-22-25(20-29(38)33(40)41)44-30-21-28(24-13-9-7-10-14-24)36-27-16-15-23(19-26(27)30)12-8-5-4-6-11-18-43-34(42)37-31/h7-10,12-17,19,21,25,29,31H,2-6,11,18,20,22H2,1H3,(H,37,42)(H,40,41)/b12-8+,35-17+/t25-,29+,31-/m1/s1. The molecule has 44 heavy (non-hydrogen) atoms. The molecule has 2 aliphatic rings. The first-order valence-electron chi connectivity index (χ1n) is 15.2. The summed E-state index contributed by atoms with van der Waals surface area (Å²) in [6, 6.07) is 16.5. The SMILES string of the molecule is CCC/C=N/[C@@H]1NC(=O)OCCCCC/C=C/c2ccc3nc(-c4ccccc4)cc(c3c2)O[C@@H]2C[C@@H](C(=O)O)N(C2)C1=O. The normalized spacial score (nSPS) is 22.4. The third kappa shape index (κ3) is 7.61. The lowest BCUT2D eigenvalue weighted by Gasteiger charge is -2.25. The number of carbonyl (C=O) groups excluding carboxylic acids is 2. The molecule has 0 unspecified atom stereocenters. The Morgan fingerprint density at radius 2 is 1.98 bits per heavy atom. The average molecular weight is 599 g/mol. The number of rotatable bonds is 5. The number of allylic oxidation sites excluding steroid dienone is 1. The van der Waals surface area contributed by atoms with Crippen molar-refractivity contribution in [3.05, 3.63) is 66.2 Å². The van der Waals surface area contributed by atoms with Gasteiger partial charge in [-0.3, -0.25) is 15.1 Å². The van der Waals surface area contributed by atoms with Crippen molar-refractivity contribution in [1.82, 2.24) is 15.2 Å². The van der Waals surface area contributed by atoms with Gasteiger partial charge in [0.15, 0.2) is 0 Å². The van der Waals surface area contributed by atoms with E-state index < -0.39 is 36.3 Å². The van der Waals surface area contributed by atoms with Gasteiger partial charge in [-0.25, -0.2) is 14.6 Å². The molecule has 3 heterocycles. The molecule has 0 saturated carbocycles. The van der Waals surface area contributed by atoms with Crippen molar-refractivity contribution in [2.75, 3.05) is 13.2 Å². The Morgan fingerprint density at radius 3 is 2.77 bits per heavy atom. The summed E-state index contributed by atoms with van der Waals surface area (Å²) >= 11 is 0. The molecule has 1 fully saturated rings. The summed E-state index contributed by atoms with van der Waals surface area (Å²) in [5.74, 6) is -1.22. The quantitative estimate of drug-likeness (QED) is 0.353. The second kappa shape index (κ2) is 14.6. The third-order valence-corrected chi connectivity index (χ3v) is 7.71. The van der Waals surface area contributed by atoms with E-state index in [9.17, 15) is 19.5 Å². The van der Waals surface area contributed by atoms with E-state index in [1.54, 1.807) is 6.21 Å². The number of aliphatic carboxylic acids is 1. The zero-order chi connectivity index (χ0) is 30.9. The number of amides is 2. The van der Waals surface area contributed by atoms with Gasteiger partial charge in [-0.05, 0) is 49.8 Å². The summed E-state index contributed by atoms with van der Waals surface area (Å²) in [6.07, 6.45) is 7.88. The monoisotopic (exact) mass is 598 g/mol. The van der Waals surface area contributed by atoms with Crippen molar-refractivity contribution < 1.29 is 29.0 Å². The maximum absolute atomic E-state index is 13.7. The number of carbonyl (C=O) groups is 3. The Kier molecular flexibility index (Phi) is 10.2. The molecular weight excluding hydrogens is 560 g/mol. The molecule has 1 saturated heterocycles. The molecule has 1 aromatic heterocycles. The minimum absolute atomic E-state index is 0.0103. The van der Waals surface area contributed by atoms with Gasteiger partial charge in [0.1, 0.15) is 17.9 Å². The number of benzene rings is 2. The number of hydrogen-bond acceptors (Lipinski definition) is 7. The largest absolute Gasteiger partial charge is 0.488 e. The first-order chi connectivity index (χ1) is 21.4. The Morgan fingerprint density at radius 1 is 1.14 bits per heavy atom. The van der Waals surface area contributed by atoms with Crippen LogP contribution < -0.4 is 10.1 Å². The Bertz CT molecular complexity index is 1540. The highest BCUT2D eigenvalue weighted by atomic mass is 16.5. The van der Waals surface area contributed by atoms with Crippen molar-refractivity contribution in [1.29, 1.82) is 0 Å². The van der Waals surface area contributed by atoms with Crippen LogP contribution in [0.3, 0.4) is 0 Å². The highest BCUT2D eigenvalue weighted by Gasteiger charge is 2.43. The Balaban J connectivity index is 1.53. The van der Waals surface area contributed by atoms with Crippen LogP contribution in [0.1, 0.15) is 57.4 Å². The lowest BCUT2D eigenvalue weighted by atomic mass is 10.1. The summed E-state index contributed by atoms with van der Waals surface area (Å²) in [5, 5.41) is 13.4. The molecule has 2 N–H and O–H groups in total. The molecule has 4 bridgehead atoms. The summed E-state index contributed by atoms with van der Waals surface area (Å²) in [4.78, 5) is 49.1. The number of carboxylic acids is 1. The highest BCUT2D eigenvalue weighted by Crippen LogP contribution is 2.34. The van der Waals surface area contributed by atoms with Crippen LogP contribution in [0.15, 0.2) is 65.7 Å². The molecule has 2 aromatic carbocycles. The second-order valence-corrected chi connectivity index (χ2v) is 11.0. The Labute approximate surface area is 256 Å². The lowest BCUT2D eigenvalue weighted by Crippen LogP contribution is -2.51.